The highest BCUT2D eigenvalue weighted by Gasteiger charge is 2.31. The summed E-state index contributed by atoms with van der Waals surface area (Å²) in [5.74, 6) is 1.80. The fourth-order valence-electron chi connectivity index (χ4n) is 4.17. The van der Waals surface area contributed by atoms with E-state index >= 15 is 0 Å². The third-order valence-corrected chi connectivity index (χ3v) is 6.74. The second-order valence-corrected chi connectivity index (χ2v) is 8.67. The van der Waals surface area contributed by atoms with Gasteiger partial charge in [-0.1, -0.05) is 78.5 Å². The largest absolute Gasteiger partial charge is 0.483 e. The first kappa shape index (κ1) is 18.3. The van der Waals surface area contributed by atoms with Gasteiger partial charge in [-0.05, 0) is 42.0 Å². The summed E-state index contributed by atoms with van der Waals surface area (Å²) in [5.41, 5.74) is 4.34. The van der Waals surface area contributed by atoms with Crippen LogP contribution in [0, 0.1) is 0 Å². The quantitative estimate of drug-likeness (QED) is 0.318. The first-order valence-electron chi connectivity index (χ1n) is 10.4. The maximum absolute atomic E-state index is 6.49. The van der Waals surface area contributed by atoms with Crippen LogP contribution < -0.4 is 9.64 Å². The normalized spacial score (nSPS) is 16.8. The van der Waals surface area contributed by atoms with Crippen LogP contribution in [0.2, 0.25) is 0 Å². The molecule has 0 aromatic heterocycles. The minimum absolute atomic E-state index is 0.113. The molecule has 150 valence electrons. The molecule has 3 nitrogen and oxygen atoms in total. The van der Waals surface area contributed by atoms with Gasteiger partial charge in [0.05, 0.1) is 11.4 Å². The molecule has 2 aliphatic rings. The van der Waals surface area contributed by atoms with Crippen LogP contribution in [0.5, 0.6) is 5.75 Å². The van der Waals surface area contributed by atoms with E-state index in [0.29, 0.717) is 6.42 Å². The summed E-state index contributed by atoms with van der Waals surface area (Å²) < 4.78 is 6.49. The number of rotatable bonds is 1. The molecule has 1 atom stereocenters. The first-order valence-corrected chi connectivity index (χ1v) is 11.2. The number of anilines is 2. The molecule has 0 saturated heterocycles. The Balaban J connectivity index is 1.54. The van der Waals surface area contributed by atoms with Crippen molar-refractivity contribution in [2.45, 2.75) is 22.3 Å². The molecule has 0 amide bonds. The molecule has 2 heterocycles. The highest BCUT2D eigenvalue weighted by atomic mass is 32.2. The maximum atomic E-state index is 6.49. The Morgan fingerprint density at radius 2 is 1.32 bits per heavy atom. The van der Waals surface area contributed by atoms with E-state index in [1.54, 1.807) is 0 Å². The number of amidine groups is 1. The number of para-hydroxylation sites is 4. The van der Waals surface area contributed by atoms with Gasteiger partial charge in [0.2, 0.25) is 0 Å². The minimum Gasteiger partial charge on any atom is -0.483 e. The van der Waals surface area contributed by atoms with Crippen molar-refractivity contribution in [1.29, 1.82) is 0 Å². The lowest BCUT2D eigenvalue weighted by Gasteiger charge is -2.34. The van der Waals surface area contributed by atoms with Crippen molar-refractivity contribution in [3.63, 3.8) is 0 Å². The van der Waals surface area contributed by atoms with E-state index in [-0.39, 0.29) is 6.10 Å². The molecule has 0 bridgehead atoms. The Morgan fingerprint density at radius 1 is 0.710 bits per heavy atom. The Kier molecular flexibility index (Phi) is 4.50. The SMILES string of the molecule is c1ccc(C2CC(N3c4ccccc4Sc4ccccc43)=Nc3ccccc3O2)cc1. The minimum atomic E-state index is -0.113. The van der Waals surface area contributed by atoms with Gasteiger partial charge in [-0.15, -0.1) is 0 Å². The molecule has 0 spiro atoms. The van der Waals surface area contributed by atoms with Crippen LogP contribution in [0.3, 0.4) is 0 Å². The standard InChI is InChI=1S/C27H20N2OS/c1-2-10-19(11-3-1)24-18-27(28-20-12-4-7-15-23(20)30-24)29-21-13-5-8-16-25(21)31-26-17-9-6-14-22(26)29/h1-17,24H,18H2. The number of ether oxygens (including phenoxy) is 1. The van der Waals surface area contributed by atoms with E-state index in [9.17, 15) is 0 Å². The van der Waals surface area contributed by atoms with E-state index in [1.165, 1.54) is 9.79 Å². The van der Waals surface area contributed by atoms with Gasteiger partial charge in [0.1, 0.15) is 23.4 Å². The maximum Gasteiger partial charge on any atom is 0.145 e. The number of hydrogen-bond donors (Lipinski definition) is 0. The molecule has 2 aliphatic heterocycles. The third-order valence-electron chi connectivity index (χ3n) is 5.61. The van der Waals surface area contributed by atoms with Crippen molar-refractivity contribution < 1.29 is 4.74 Å². The molecular formula is C27H20N2OS. The van der Waals surface area contributed by atoms with E-state index < -0.39 is 0 Å². The van der Waals surface area contributed by atoms with Gasteiger partial charge in [0.25, 0.3) is 0 Å². The van der Waals surface area contributed by atoms with Gasteiger partial charge in [0.15, 0.2) is 0 Å². The summed E-state index contributed by atoms with van der Waals surface area (Å²) in [4.78, 5) is 9.92. The molecule has 0 saturated carbocycles. The van der Waals surface area contributed by atoms with Crippen LogP contribution in [0.4, 0.5) is 17.1 Å². The number of hydrogen-bond acceptors (Lipinski definition) is 4. The van der Waals surface area contributed by atoms with Crippen molar-refractivity contribution in [3.05, 3.63) is 109 Å². The smallest absolute Gasteiger partial charge is 0.145 e. The van der Waals surface area contributed by atoms with Crippen molar-refractivity contribution in [3.8, 4) is 5.75 Å². The molecule has 0 aliphatic carbocycles. The lowest BCUT2D eigenvalue weighted by Crippen LogP contribution is -2.30. The summed E-state index contributed by atoms with van der Waals surface area (Å²) in [6, 6.07) is 35.6. The van der Waals surface area contributed by atoms with Crippen molar-refractivity contribution in [2.24, 2.45) is 4.99 Å². The molecule has 6 rings (SSSR count). The summed E-state index contributed by atoms with van der Waals surface area (Å²) in [5, 5.41) is 0. The fraction of sp³-hybridized carbons (Fsp3) is 0.0741. The molecule has 0 radical (unpaired) electrons. The zero-order valence-corrected chi connectivity index (χ0v) is 17.6. The monoisotopic (exact) mass is 420 g/mol. The second-order valence-electron chi connectivity index (χ2n) is 7.59. The average molecular weight is 421 g/mol. The van der Waals surface area contributed by atoms with Crippen molar-refractivity contribution in [2.75, 3.05) is 4.90 Å². The first-order chi connectivity index (χ1) is 15.4. The number of aliphatic imine (C=N–C) groups is 1. The molecule has 31 heavy (non-hydrogen) atoms. The van der Waals surface area contributed by atoms with Crippen molar-refractivity contribution >= 4 is 34.7 Å². The highest BCUT2D eigenvalue weighted by molar-refractivity contribution is 7.99. The third kappa shape index (κ3) is 3.29. The van der Waals surface area contributed by atoms with Crippen LogP contribution in [0.25, 0.3) is 0 Å². The number of nitrogens with zero attached hydrogens (tertiary/aromatic N) is 2. The van der Waals surface area contributed by atoms with Crippen LogP contribution in [0.1, 0.15) is 18.1 Å². The molecule has 4 aromatic carbocycles. The molecule has 1 unspecified atom stereocenters. The van der Waals surface area contributed by atoms with Gasteiger partial charge in [-0.2, -0.15) is 0 Å². The lowest BCUT2D eigenvalue weighted by atomic mass is 10.0. The molecule has 4 heteroatoms. The van der Waals surface area contributed by atoms with E-state index in [2.05, 4.69) is 77.7 Å². The Bertz CT molecular complexity index is 1240. The van der Waals surface area contributed by atoms with Gasteiger partial charge < -0.3 is 4.74 Å². The van der Waals surface area contributed by atoms with Crippen LogP contribution in [-0.4, -0.2) is 5.84 Å². The lowest BCUT2D eigenvalue weighted by molar-refractivity contribution is 0.217. The average Bonchev–Trinajstić information content (AvgIpc) is 3.02. The zero-order valence-electron chi connectivity index (χ0n) is 16.8. The van der Waals surface area contributed by atoms with Gasteiger partial charge in [0, 0.05) is 16.2 Å². The predicted molar refractivity (Wildman–Crippen MR) is 127 cm³/mol. The molecule has 0 N–H and O–H groups in total. The van der Waals surface area contributed by atoms with Gasteiger partial charge >= 0.3 is 0 Å². The predicted octanol–water partition coefficient (Wildman–Crippen LogP) is 7.54. The fourth-order valence-corrected chi connectivity index (χ4v) is 5.23. The summed E-state index contributed by atoms with van der Waals surface area (Å²) >= 11 is 1.81. The Morgan fingerprint density at radius 3 is 2.06 bits per heavy atom. The van der Waals surface area contributed by atoms with E-state index in [0.717, 1.165) is 34.2 Å². The molecular weight excluding hydrogens is 400 g/mol. The number of benzene rings is 4. The summed E-state index contributed by atoms with van der Waals surface area (Å²) in [7, 11) is 0. The highest BCUT2D eigenvalue weighted by Crippen LogP contribution is 2.49. The second kappa shape index (κ2) is 7.64. The zero-order chi connectivity index (χ0) is 20.6. The van der Waals surface area contributed by atoms with Crippen molar-refractivity contribution in [1.82, 2.24) is 0 Å². The van der Waals surface area contributed by atoms with Crippen LogP contribution in [-0.2, 0) is 0 Å². The molecule has 4 aromatic rings. The van der Waals surface area contributed by atoms with Gasteiger partial charge in [-0.3, -0.25) is 4.90 Å². The molecule has 0 fully saturated rings. The summed E-state index contributed by atoms with van der Waals surface area (Å²) in [6.07, 6.45) is 0.559. The number of fused-ring (bicyclic) bond motifs is 3. The van der Waals surface area contributed by atoms with Gasteiger partial charge in [-0.25, -0.2) is 4.99 Å². The Labute approximate surface area is 186 Å². The van der Waals surface area contributed by atoms with E-state index in [1.807, 2.05) is 42.1 Å². The van der Waals surface area contributed by atoms with Crippen LogP contribution >= 0.6 is 11.8 Å². The Hall–Kier alpha value is -3.50. The van der Waals surface area contributed by atoms with E-state index in [4.69, 9.17) is 9.73 Å². The summed E-state index contributed by atoms with van der Waals surface area (Å²) in [6.45, 7) is 0. The topological polar surface area (TPSA) is 24.8 Å². The van der Waals surface area contributed by atoms with Crippen LogP contribution in [0.15, 0.2) is 118 Å².